The van der Waals surface area contributed by atoms with Crippen molar-refractivity contribution >= 4 is 57.8 Å². The Kier molecular flexibility index (Phi) is 5.24. The predicted octanol–water partition coefficient (Wildman–Crippen LogP) is 5.79. The SMILES string of the molecule is C[C@]12Oc3ccc(Cl)cc3[C@@H](NC(=S)N1c1ccccc1)[C@@H]2C(=O)Nc1ccc(Cl)cc1. The molecule has 0 spiro atoms. The second-order valence-corrected chi connectivity index (χ2v) is 9.17. The Morgan fingerprint density at radius 3 is 2.47 bits per heavy atom. The lowest BCUT2D eigenvalue weighted by molar-refractivity contribution is -0.130. The van der Waals surface area contributed by atoms with E-state index < -0.39 is 17.7 Å². The van der Waals surface area contributed by atoms with Crippen molar-refractivity contribution < 1.29 is 9.53 Å². The summed E-state index contributed by atoms with van der Waals surface area (Å²) in [5.74, 6) is -0.189. The lowest BCUT2D eigenvalue weighted by Gasteiger charge is -2.56. The van der Waals surface area contributed by atoms with Crippen LogP contribution in [0.15, 0.2) is 72.8 Å². The number of carbonyl (C=O) groups excluding carboxylic acids is 1. The van der Waals surface area contributed by atoms with Crippen molar-refractivity contribution in [3.63, 3.8) is 0 Å². The fourth-order valence-corrected chi connectivity index (χ4v) is 5.19. The molecule has 2 N–H and O–H groups in total. The van der Waals surface area contributed by atoms with Crippen molar-refractivity contribution in [2.45, 2.75) is 18.7 Å². The van der Waals surface area contributed by atoms with Gasteiger partial charge in [0.1, 0.15) is 11.7 Å². The minimum Gasteiger partial charge on any atom is -0.467 e. The molecule has 32 heavy (non-hydrogen) atoms. The van der Waals surface area contributed by atoms with Crippen LogP contribution in [0.3, 0.4) is 0 Å². The van der Waals surface area contributed by atoms with E-state index in [2.05, 4.69) is 10.6 Å². The minimum absolute atomic E-state index is 0.207. The lowest BCUT2D eigenvalue weighted by Crippen LogP contribution is -2.72. The van der Waals surface area contributed by atoms with Crippen LogP contribution in [0.4, 0.5) is 11.4 Å². The van der Waals surface area contributed by atoms with E-state index in [4.69, 9.17) is 40.2 Å². The second kappa shape index (κ2) is 7.96. The molecule has 2 aliphatic heterocycles. The first-order valence-electron chi connectivity index (χ1n) is 10.1. The highest BCUT2D eigenvalue weighted by atomic mass is 35.5. The van der Waals surface area contributed by atoms with E-state index in [0.717, 1.165) is 11.3 Å². The van der Waals surface area contributed by atoms with Crippen LogP contribution in [0.1, 0.15) is 18.5 Å². The van der Waals surface area contributed by atoms with Gasteiger partial charge in [-0.3, -0.25) is 9.69 Å². The van der Waals surface area contributed by atoms with Gasteiger partial charge in [0.2, 0.25) is 5.91 Å². The Morgan fingerprint density at radius 2 is 1.75 bits per heavy atom. The number of anilines is 2. The summed E-state index contributed by atoms with van der Waals surface area (Å²) in [5.41, 5.74) is 1.19. The number of thiocarbonyl (C=S) groups is 1. The normalized spacial score (nSPS) is 23.6. The van der Waals surface area contributed by atoms with E-state index in [1.807, 2.05) is 54.3 Å². The molecule has 2 heterocycles. The number of amides is 1. The summed E-state index contributed by atoms with van der Waals surface area (Å²) in [5, 5.41) is 8.01. The van der Waals surface area contributed by atoms with E-state index in [-0.39, 0.29) is 5.91 Å². The molecule has 162 valence electrons. The number of hydrogen-bond donors (Lipinski definition) is 2. The molecule has 5 rings (SSSR count). The monoisotopic (exact) mass is 483 g/mol. The highest BCUT2D eigenvalue weighted by Gasteiger charge is 2.59. The van der Waals surface area contributed by atoms with Gasteiger partial charge in [-0.05, 0) is 73.7 Å². The van der Waals surface area contributed by atoms with E-state index >= 15 is 0 Å². The Labute approximate surface area is 201 Å². The summed E-state index contributed by atoms with van der Waals surface area (Å²) in [6.07, 6.45) is 0. The first kappa shape index (κ1) is 21.1. The van der Waals surface area contributed by atoms with Crippen LogP contribution >= 0.6 is 35.4 Å². The van der Waals surface area contributed by atoms with Crippen LogP contribution in [-0.2, 0) is 4.79 Å². The largest absolute Gasteiger partial charge is 0.467 e. The summed E-state index contributed by atoms with van der Waals surface area (Å²) < 4.78 is 6.53. The van der Waals surface area contributed by atoms with Gasteiger partial charge in [-0.25, -0.2) is 0 Å². The Balaban J connectivity index is 1.62. The molecule has 3 aromatic carbocycles. The fourth-order valence-electron chi connectivity index (χ4n) is 4.47. The number of fused-ring (bicyclic) bond motifs is 4. The van der Waals surface area contributed by atoms with Crippen molar-refractivity contribution in [3.8, 4) is 5.75 Å². The third-order valence-corrected chi connectivity index (χ3v) is 6.66. The minimum atomic E-state index is -1.08. The van der Waals surface area contributed by atoms with E-state index in [1.54, 1.807) is 30.3 Å². The maximum atomic E-state index is 13.7. The maximum absolute atomic E-state index is 13.7. The van der Waals surface area contributed by atoms with Crippen molar-refractivity contribution in [3.05, 3.63) is 88.4 Å². The van der Waals surface area contributed by atoms with E-state index in [1.165, 1.54) is 0 Å². The van der Waals surface area contributed by atoms with Crippen LogP contribution in [0.25, 0.3) is 0 Å². The summed E-state index contributed by atoms with van der Waals surface area (Å²) in [6.45, 7) is 1.89. The molecule has 5 nitrogen and oxygen atoms in total. The zero-order valence-electron chi connectivity index (χ0n) is 17.0. The molecule has 1 amide bonds. The summed E-state index contributed by atoms with van der Waals surface area (Å²) >= 11 is 18.0. The number of carbonyl (C=O) groups is 1. The molecule has 0 unspecified atom stereocenters. The molecule has 1 fully saturated rings. The standard InChI is InChI=1S/C24H19Cl2N3O2S/c1-24-20(22(30)27-16-10-7-14(25)8-11-16)21(18-13-15(26)9-12-19(18)31-24)28-23(32)29(24)17-5-3-2-4-6-17/h2-13,20-21H,1H3,(H,27,30)(H,28,32)/t20-,21-,24-/m1/s1. The molecular formula is C24H19Cl2N3O2S. The topological polar surface area (TPSA) is 53.6 Å². The molecule has 0 radical (unpaired) electrons. The van der Waals surface area contributed by atoms with E-state index in [0.29, 0.717) is 26.6 Å². The summed E-state index contributed by atoms with van der Waals surface area (Å²) in [6, 6.07) is 21.7. The van der Waals surface area contributed by atoms with Crippen molar-refractivity contribution in [1.29, 1.82) is 0 Å². The molecule has 1 saturated heterocycles. The third kappa shape index (κ3) is 3.48. The fraction of sp³-hybridized carbons (Fsp3) is 0.167. The molecule has 0 saturated carbocycles. The number of para-hydroxylation sites is 1. The first-order chi connectivity index (χ1) is 15.4. The second-order valence-electron chi connectivity index (χ2n) is 7.91. The maximum Gasteiger partial charge on any atom is 0.236 e. The molecular weight excluding hydrogens is 465 g/mol. The highest BCUT2D eigenvalue weighted by molar-refractivity contribution is 7.80. The molecule has 3 aromatic rings. The number of rotatable bonds is 3. The van der Waals surface area contributed by atoms with Gasteiger partial charge in [0.15, 0.2) is 10.8 Å². The van der Waals surface area contributed by atoms with Gasteiger partial charge >= 0.3 is 0 Å². The van der Waals surface area contributed by atoms with Gasteiger partial charge in [0.05, 0.1) is 6.04 Å². The highest BCUT2D eigenvalue weighted by Crippen LogP contribution is 2.50. The Bertz CT molecular complexity index is 1210. The van der Waals surface area contributed by atoms with Crippen molar-refractivity contribution in [2.75, 3.05) is 10.2 Å². The molecule has 2 bridgehead atoms. The molecule has 3 atom stereocenters. The Hall–Kier alpha value is -2.80. The van der Waals surface area contributed by atoms with Crippen LogP contribution in [0.2, 0.25) is 10.0 Å². The average Bonchev–Trinajstić information content (AvgIpc) is 2.76. The van der Waals surface area contributed by atoms with Gasteiger partial charge in [-0.1, -0.05) is 41.4 Å². The van der Waals surface area contributed by atoms with Crippen LogP contribution in [0, 0.1) is 5.92 Å². The van der Waals surface area contributed by atoms with Gasteiger partial charge in [0.25, 0.3) is 0 Å². The number of nitrogens with one attached hydrogen (secondary N) is 2. The molecule has 8 heteroatoms. The Morgan fingerprint density at radius 1 is 1.06 bits per heavy atom. The number of benzene rings is 3. The number of halogens is 2. The van der Waals surface area contributed by atoms with Gasteiger partial charge in [0, 0.05) is 27.0 Å². The predicted molar refractivity (Wildman–Crippen MR) is 131 cm³/mol. The van der Waals surface area contributed by atoms with Crippen LogP contribution < -0.4 is 20.3 Å². The quantitative estimate of drug-likeness (QED) is 0.461. The van der Waals surface area contributed by atoms with Gasteiger partial charge in [-0.2, -0.15) is 0 Å². The number of hydrogen-bond acceptors (Lipinski definition) is 3. The van der Waals surface area contributed by atoms with Crippen molar-refractivity contribution in [1.82, 2.24) is 5.32 Å². The zero-order valence-corrected chi connectivity index (χ0v) is 19.3. The van der Waals surface area contributed by atoms with Crippen LogP contribution in [-0.4, -0.2) is 16.7 Å². The number of ether oxygens (including phenoxy) is 1. The molecule has 0 aromatic heterocycles. The first-order valence-corrected chi connectivity index (χ1v) is 11.2. The van der Waals surface area contributed by atoms with Gasteiger partial charge in [-0.15, -0.1) is 0 Å². The summed E-state index contributed by atoms with van der Waals surface area (Å²) in [7, 11) is 0. The number of nitrogens with zero attached hydrogens (tertiary/aromatic N) is 1. The lowest BCUT2D eigenvalue weighted by atomic mass is 9.78. The zero-order chi connectivity index (χ0) is 22.5. The summed E-state index contributed by atoms with van der Waals surface area (Å²) in [4.78, 5) is 15.5. The molecule has 0 aliphatic carbocycles. The van der Waals surface area contributed by atoms with Crippen molar-refractivity contribution in [2.24, 2.45) is 5.92 Å². The van der Waals surface area contributed by atoms with E-state index in [9.17, 15) is 4.79 Å². The third-order valence-electron chi connectivity index (χ3n) is 5.87. The molecule has 2 aliphatic rings. The van der Waals surface area contributed by atoms with Gasteiger partial charge < -0.3 is 15.4 Å². The van der Waals surface area contributed by atoms with Crippen LogP contribution in [0.5, 0.6) is 5.75 Å². The average molecular weight is 484 g/mol. The smallest absolute Gasteiger partial charge is 0.236 e.